The molecule has 0 radical (unpaired) electrons. The quantitative estimate of drug-likeness (QED) is 0.633. The number of pyridine rings is 1. The van der Waals surface area contributed by atoms with Crippen molar-refractivity contribution in [2.45, 2.75) is 23.6 Å². The molecule has 2 nitrogen and oxygen atoms in total. The molecule has 0 atom stereocenters. The van der Waals surface area contributed by atoms with Gasteiger partial charge in [-0.2, -0.15) is 0 Å². The van der Waals surface area contributed by atoms with Gasteiger partial charge in [-0.3, -0.25) is 0 Å². The van der Waals surface area contributed by atoms with E-state index in [0.29, 0.717) is 5.02 Å². The molecule has 0 bridgehead atoms. The Morgan fingerprint density at radius 3 is 2.23 bits per heavy atom. The van der Waals surface area contributed by atoms with E-state index in [1.54, 1.807) is 11.8 Å². The first-order chi connectivity index (χ1) is 10.5. The first kappa shape index (κ1) is 15.2. The number of aromatic nitrogens is 1. The Bertz CT molecular complexity index is 818. The maximum absolute atomic E-state index is 10.0. The summed E-state index contributed by atoms with van der Waals surface area (Å²) >= 11 is 7.79. The van der Waals surface area contributed by atoms with Crippen LogP contribution in [0.25, 0.3) is 10.8 Å². The van der Waals surface area contributed by atoms with Crippen LogP contribution in [0.15, 0.2) is 59.6 Å². The van der Waals surface area contributed by atoms with Crippen LogP contribution in [0.4, 0.5) is 0 Å². The normalized spacial score (nSPS) is 11.8. The number of aromatic hydroxyl groups is 1. The van der Waals surface area contributed by atoms with Gasteiger partial charge in [0.15, 0.2) is 0 Å². The lowest BCUT2D eigenvalue weighted by Gasteiger charge is -2.25. The summed E-state index contributed by atoms with van der Waals surface area (Å²) in [6.45, 7) is 4.30. The van der Waals surface area contributed by atoms with Gasteiger partial charge in [-0.15, -0.1) is 0 Å². The van der Waals surface area contributed by atoms with Crippen LogP contribution in [-0.2, 0) is 4.75 Å². The molecule has 2 aromatic carbocycles. The van der Waals surface area contributed by atoms with Gasteiger partial charge in [0.25, 0.3) is 0 Å². The fourth-order valence-electron chi connectivity index (χ4n) is 2.40. The minimum atomic E-state index is -0.169. The van der Waals surface area contributed by atoms with Crippen molar-refractivity contribution in [1.82, 2.24) is 4.98 Å². The highest BCUT2D eigenvalue weighted by Crippen LogP contribution is 2.44. The maximum Gasteiger partial charge on any atom is 0.231 e. The van der Waals surface area contributed by atoms with Crippen molar-refractivity contribution < 1.29 is 5.11 Å². The Balaban J connectivity index is 2.10. The highest BCUT2D eigenvalue weighted by Gasteiger charge is 2.24. The largest absolute Gasteiger partial charge is 0.492 e. The van der Waals surface area contributed by atoms with Crippen LogP contribution in [-0.4, -0.2) is 10.1 Å². The average molecular weight is 330 g/mol. The molecule has 3 rings (SSSR count). The van der Waals surface area contributed by atoms with Crippen LogP contribution < -0.4 is 0 Å². The van der Waals surface area contributed by atoms with Gasteiger partial charge >= 0.3 is 0 Å². The summed E-state index contributed by atoms with van der Waals surface area (Å²) in [5.41, 5.74) is 1.21. The molecule has 1 heterocycles. The lowest BCUT2D eigenvalue weighted by Crippen LogP contribution is -2.12. The lowest BCUT2D eigenvalue weighted by atomic mass is 10.0. The van der Waals surface area contributed by atoms with Gasteiger partial charge in [0, 0.05) is 15.5 Å². The Kier molecular flexibility index (Phi) is 4.02. The predicted molar refractivity (Wildman–Crippen MR) is 93.7 cm³/mol. The molecule has 4 heteroatoms. The molecule has 0 aliphatic heterocycles. The fraction of sp³-hybridized carbons (Fsp3) is 0.167. The molecular weight excluding hydrogens is 314 g/mol. The van der Waals surface area contributed by atoms with Crippen molar-refractivity contribution in [2.24, 2.45) is 0 Å². The Morgan fingerprint density at radius 2 is 1.55 bits per heavy atom. The first-order valence-electron chi connectivity index (χ1n) is 7.01. The standard InChI is InChI=1S/C18H16ClNOS/c1-18(2,12-8-4-3-5-9-12)22-17-14-11-7-6-10-13(14)15(19)16(21)20-17/h3-11H,1-2H3,(H,20,21). The summed E-state index contributed by atoms with van der Waals surface area (Å²) in [6, 6.07) is 18.0. The maximum atomic E-state index is 10.0. The van der Waals surface area contributed by atoms with E-state index in [-0.39, 0.29) is 10.6 Å². The Labute approximate surface area is 139 Å². The summed E-state index contributed by atoms with van der Waals surface area (Å²) < 4.78 is -0.169. The van der Waals surface area contributed by atoms with Crippen LogP contribution in [0.5, 0.6) is 5.88 Å². The number of hydrogen-bond acceptors (Lipinski definition) is 3. The van der Waals surface area contributed by atoms with Gasteiger partial charge in [0.05, 0.1) is 0 Å². The van der Waals surface area contributed by atoms with Crippen LogP contribution in [0.2, 0.25) is 5.02 Å². The van der Waals surface area contributed by atoms with Crippen LogP contribution in [0, 0.1) is 0 Å². The van der Waals surface area contributed by atoms with Gasteiger partial charge in [-0.25, -0.2) is 4.98 Å². The number of rotatable bonds is 3. The molecule has 22 heavy (non-hydrogen) atoms. The SMILES string of the molecule is CC(C)(Sc1nc(O)c(Cl)c2ccccc12)c1ccccc1. The second-order valence-corrected chi connectivity index (χ2v) is 7.57. The topological polar surface area (TPSA) is 33.1 Å². The Hall–Kier alpha value is -1.71. The Morgan fingerprint density at radius 1 is 0.955 bits per heavy atom. The summed E-state index contributed by atoms with van der Waals surface area (Å²) in [7, 11) is 0. The van der Waals surface area contributed by atoms with Crippen molar-refractivity contribution in [3.8, 4) is 5.88 Å². The van der Waals surface area contributed by atoms with E-state index in [1.807, 2.05) is 42.5 Å². The molecular formula is C18H16ClNOS. The molecule has 0 fully saturated rings. The van der Waals surface area contributed by atoms with E-state index >= 15 is 0 Å². The van der Waals surface area contributed by atoms with E-state index in [4.69, 9.17) is 11.6 Å². The summed E-state index contributed by atoms with van der Waals surface area (Å²) in [6.07, 6.45) is 0. The molecule has 1 aromatic heterocycles. The van der Waals surface area contributed by atoms with Crippen LogP contribution in [0.3, 0.4) is 0 Å². The van der Waals surface area contributed by atoms with E-state index in [1.165, 1.54) is 5.56 Å². The van der Waals surface area contributed by atoms with Gasteiger partial charge in [-0.1, -0.05) is 78.0 Å². The van der Waals surface area contributed by atoms with Gasteiger partial charge in [-0.05, 0) is 19.4 Å². The molecule has 0 aliphatic carbocycles. The molecule has 3 aromatic rings. The minimum Gasteiger partial charge on any atom is -0.492 e. The van der Waals surface area contributed by atoms with Crippen LogP contribution >= 0.6 is 23.4 Å². The summed E-state index contributed by atoms with van der Waals surface area (Å²) in [5, 5.41) is 12.9. The van der Waals surface area contributed by atoms with E-state index < -0.39 is 0 Å². The second-order valence-electron chi connectivity index (χ2n) is 5.58. The van der Waals surface area contributed by atoms with Crippen molar-refractivity contribution >= 4 is 34.1 Å². The number of benzene rings is 2. The fourth-order valence-corrected chi connectivity index (χ4v) is 3.77. The zero-order valence-electron chi connectivity index (χ0n) is 12.4. The van der Waals surface area contributed by atoms with Gasteiger partial charge < -0.3 is 5.11 Å². The predicted octanol–water partition coefficient (Wildman–Crippen LogP) is 5.62. The highest BCUT2D eigenvalue weighted by atomic mass is 35.5. The lowest BCUT2D eigenvalue weighted by molar-refractivity contribution is 0.450. The third-order valence-corrected chi connectivity index (χ3v) is 5.24. The molecule has 0 saturated heterocycles. The molecule has 0 spiro atoms. The van der Waals surface area contributed by atoms with Crippen LogP contribution in [0.1, 0.15) is 19.4 Å². The zero-order valence-corrected chi connectivity index (χ0v) is 13.9. The number of thioether (sulfide) groups is 1. The monoisotopic (exact) mass is 329 g/mol. The van der Waals surface area contributed by atoms with Crippen molar-refractivity contribution in [3.05, 3.63) is 65.2 Å². The summed E-state index contributed by atoms with van der Waals surface area (Å²) in [5.74, 6) is -0.119. The van der Waals surface area contributed by atoms with Crippen molar-refractivity contribution in [1.29, 1.82) is 0 Å². The number of hydrogen-bond donors (Lipinski definition) is 1. The molecule has 0 amide bonds. The van der Waals surface area contributed by atoms with Crippen molar-refractivity contribution in [3.63, 3.8) is 0 Å². The van der Waals surface area contributed by atoms with Crippen molar-refractivity contribution in [2.75, 3.05) is 0 Å². The minimum absolute atomic E-state index is 0.119. The summed E-state index contributed by atoms with van der Waals surface area (Å²) in [4.78, 5) is 4.30. The number of fused-ring (bicyclic) bond motifs is 1. The zero-order chi connectivity index (χ0) is 15.7. The second kappa shape index (κ2) is 5.82. The number of nitrogens with zero attached hydrogens (tertiary/aromatic N) is 1. The third kappa shape index (κ3) is 2.79. The molecule has 112 valence electrons. The van der Waals surface area contributed by atoms with E-state index in [0.717, 1.165) is 15.8 Å². The van der Waals surface area contributed by atoms with E-state index in [2.05, 4.69) is 31.0 Å². The average Bonchev–Trinajstić information content (AvgIpc) is 2.53. The first-order valence-corrected chi connectivity index (χ1v) is 8.20. The van der Waals surface area contributed by atoms with Gasteiger partial charge in [0.2, 0.25) is 5.88 Å². The molecule has 0 unspecified atom stereocenters. The highest BCUT2D eigenvalue weighted by molar-refractivity contribution is 8.00. The number of halogens is 1. The molecule has 0 saturated carbocycles. The van der Waals surface area contributed by atoms with Gasteiger partial charge in [0.1, 0.15) is 10.0 Å². The van der Waals surface area contributed by atoms with E-state index in [9.17, 15) is 5.11 Å². The smallest absolute Gasteiger partial charge is 0.231 e. The third-order valence-electron chi connectivity index (χ3n) is 3.62. The molecule has 1 N–H and O–H groups in total. The molecule has 0 aliphatic rings.